The van der Waals surface area contributed by atoms with Crippen LogP contribution in [0.4, 0.5) is 18.9 Å². The lowest BCUT2D eigenvalue weighted by Crippen LogP contribution is -2.63. The highest BCUT2D eigenvalue weighted by Crippen LogP contribution is 2.39. The smallest absolute Gasteiger partial charge is 0.318 e. The van der Waals surface area contributed by atoms with E-state index in [4.69, 9.17) is 5.73 Å². The Morgan fingerprint density at radius 1 is 0.955 bits per heavy atom. The zero-order chi connectivity index (χ0) is 15.9. The number of halogens is 3. The van der Waals surface area contributed by atoms with E-state index in [9.17, 15) is 18.0 Å². The summed E-state index contributed by atoms with van der Waals surface area (Å²) in [5.74, 6) is -0.298. The van der Waals surface area contributed by atoms with Gasteiger partial charge in [-0.25, -0.2) is 0 Å². The van der Waals surface area contributed by atoms with E-state index in [1.165, 1.54) is 17.0 Å². The van der Waals surface area contributed by atoms with Crippen LogP contribution in [-0.2, 0) is 11.0 Å². The first-order valence-electron chi connectivity index (χ1n) is 6.70. The van der Waals surface area contributed by atoms with Gasteiger partial charge in [0.25, 0.3) is 0 Å². The van der Waals surface area contributed by atoms with Crippen molar-refractivity contribution < 1.29 is 18.0 Å². The Bertz CT molecular complexity index is 683. The molecule has 0 aromatic heterocycles. The molecule has 0 radical (unpaired) electrons. The van der Waals surface area contributed by atoms with Crippen LogP contribution in [0.2, 0.25) is 0 Å². The monoisotopic (exact) mass is 306 g/mol. The maximum atomic E-state index is 12.6. The number of rotatable bonds is 2. The highest BCUT2D eigenvalue weighted by molar-refractivity contribution is 6.05. The third-order valence-corrected chi connectivity index (χ3v) is 3.75. The number of hydrogen-bond donors (Lipinski definition) is 1. The normalized spacial score (nSPS) is 21.6. The summed E-state index contributed by atoms with van der Waals surface area (Å²) in [6.07, 6.45) is -4.40. The molecule has 3 rings (SSSR count). The molecule has 2 N–H and O–H groups in total. The zero-order valence-corrected chi connectivity index (χ0v) is 11.4. The van der Waals surface area contributed by atoms with Gasteiger partial charge in [-0.05, 0) is 29.8 Å². The molecule has 1 aliphatic rings. The first-order chi connectivity index (χ1) is 10.4. The summed E-state index contributed by atoms with van der Waals surface area (Å²) in [5, 5.41) is 0. The molecule has 22 heavy (non-hydrogen) atoms. The van der Waals surface area contributed by atoms with Gasteiger partial charge >= 0.3 is 6.18 Å². The Balaban J connectivity index is 1.91. The Labute approximate surface area is 125 Å². The fraction of sp³-hybridized carbons (Fsp3) is 0.188. The Kier molecular flexibility index (Phi) is 3.41. The van der Waals surface area contributed by atoms with Crippen LogP contribution < -0.4 is 10.6 Å². The number of anilines is 1. The minimum absolute atomic E-state index is 0.298. The fourth-order valence-corrected chi connectivity index (χ4v) is 2.62. The highest BCUT2D eigenvalue weighted by atomic mass is 19.4. The lowest BCUT2D eigenvalue weighted by molar-refractivity contribution is -0.137. The predicted octanol–water partition coefficient (Wildman–Crippen LogP) is 3.12. The van der Waals surface area contributed by atoms with Crippen molar-refractivity contribution in [2.75, 3.05) is 4.90 Å². The van der Waals surface area contributed by atoms with Crippen molar-refractivity contribution in [2.24, 2.45) is 5.73 Å². The van der Waals surface area contributed by atoms with Crippen molar-refractivity contribution in [1.29, 1.82) is 0 Å². The van der Waals surface area contributed by atoms with Gasteiger partial charge in [0.2, 0.25) is 5.91 Å². The summed E-state index contributed by atoms with van der Waals surface area (Å²) in [6.45, 7) is 0. The van der Waals surface area contributed by atoms with Crippen LogP contribution in [-0.4, -0.2) is 11.9 Å². The molecular weight excluding hydrogens is 293 g/mol. The Morgan fingerprint density at radius 2 is 1.55 bits per heavy atom. The minimum Gasteiger partial charge on any atom is -0.318 e. The molecule has 6 heteroatoms. The summed E-state index contributed by atoms with van der Waals surface area (Å²) in [7, 11) is 0. The third kappa shape index (κ3) is 2.35. The molecule has 0 spiro atoms. The van der Waals surface area contributed by atoms with Gasteiger partial charge in [0.15, 0.2) is 0 Å². The van der Waals surface area contributed by atoms with Crippen molar-refractivity contribution in [3.63, 3.8) is 0 Å². The fourth-order valence-electron chi connectivity index (χ4n) is 2.62. The van der Waals surface area contributed by atoms with E-state index in [0.717, 1.165) is 17.7 Å². The largest absolute Gasteiger partial charge is 0.416 e. The molecule has 1 saturated heterocycles. The summed E-state index contributed by atoms with van der Waals surface area (Å²) in [6, 6.07) is 12.7. The lowest BCUT2D eigenvalue weighted by Gasteiger charge is -2.45. The molecule has 0 bridgehead atoms. The summed E-state index contributed by atoms with van der Waals surface area (Å²) >= 11 is 0. The number of alkyl halides is 3. The van der Waals surface area contributed by atoms with Gasteiger partial charge in [-0.2, -0.15) is 13.2 Å². The van der Waals surface area contributed by atoms with E-state index in [-0.39, 0.29) is 11.9 Å². The SMILES string of the molecule is NC1C(=O)N(c2ccc(C(F)(F)F)cc2)C1c1ccccc1. The van der Waals surface area contributed by atoms with E-state index in [1.807, 2.05) is 30.3 Å². The van der Waals surface area contributed by atoms with Crippen molar-refractivity contribution >= 4 is 11.6 Å². The maximum Gasteiger partial charge on any atom is 0.416 e. The second-order valence-electron chi connectivity index (χ2n) is 5.13. The molecule has 2 aromatic carbocycles. The van der Waals surface area contributed by atoms with E-state index in [2.05, 4.69) is 0 Å². The van der Waals surface area contributed by atoms with Crippen LogP contribution in [0.25, 0.3) is 0 Å². The van der Waals surface area contributed by atoms with Gasteiger partial charge in [-0.1, -0.05) is 30.3 Å². The zero-order valence-electron chi connectivity index (χ0n) is 11.4. The van der Waals surface area contributed by atoms with Crippen molar-refractivity contribution in [2.45, 2.75) is 18.3 Å². The van der Waals surface area contributed by atoms with Gasteiger partial charge < -0.3 is 10.6 Å². The molecule has 114 valence electrons. The lowest BCUT2D eigenvalue weighted by atomic mass is 9.88. The molecular formula is C16H13F3N2O. The molecule has 2 atom stereocenters. The number of benzene rings is 2. The molecule has 3 nitrogen and oxygen atoms in total. The summed E-state index contributed by atoms with van der Waals surface area (Å²) < 4.78 is 37.8. The average molecular weight is 306 g/mol. The van der Waals surface area contributed by atoms with Crippen molar-refractivity contribution in [1.82, 2.24) is 0 Å². The Hall–Kier alpha value is -2.34. The van der Waals surface area contributed by atoms with Gasteiger partial charge in [-0.15, -0.1) is 0 Å². The molecule has 1 amide bonds. The van der Waals surface area contributed by atoms with E-state index in [1.54, 1.807) is 0 Å². The number of carbonyl (C=O) groups excluding carboxylic acids is 1. The average Bonchev–Trinajstić information content (AvgIpc) is 2.51. The number of carbonyl (C=O) groups is 1. The van der Waals surface area contributed by atoms with Crippen LogP contribution >= 0.6 is 0 Å². The van der Waals surface area contributed by atoms with Gasteiger partial charge in [0.05, 0.1) is 11.6 Å². The minimum atomic E-state index is -4.40. The van der Waals surface area contributed by atoms with Gasteiger partial charge in [0.1, 0.15) is 6.04 Å². The highest BCUT2D eigenvalue weighted by Gasteiger charge is 2.46. The number of β-lactam (4-membered cyclic amide) rings is 1. The summed E-state index contributed by atoms with van der Waals surface area (Å²) in [5.41, 5.74) is 6.38. The van der Waals surface area contributed by atoms with E-state index >= 15 is 0 Å². The van der Waals surface area contributed by atoms with Crippen LogP contribution in [0.15, 0.2) is 54.6 Å². The second-order valence-corrected chi connectivity index (χ2v) is 5.13. The van der Waals surface area contributed by atoms with Crippen LogP contribution in [0.1, 0.15) is 17.2 Å². The van der Waals surface area contributed by atoms with Crippen molar-refractivity contribution in [3.8, 4) is 0 Å². The molecule has 0 aliphatic carbocycles. The standard InChI is InChI=1S/C16H13F3N2O/c17-16(18,19)11-6-8-12(9-7-11)21-14(13(20)15(21)22)10-4-2-1-3-5-10/h1-9,13-14H,20H2. The molecule has 2 aromatic rings. The summed E-state index contributed by atoms with van der Waals surface area (Å²) in [4.78, 5) is 13.4. The first-order valence-corrected chi connectivity index (χ1v) is 6.70. The predicted molar refractivity (Wildman–Crippen MR) is 76.1 cm³/mol. The molecule has 1 fully saturated rings. The van der Waals surface area contributed by atoms with Gasteiger partial charge in [0, 0.05) is 5.69 Å². The molecule has 1 aliphatic heterocycles. The molecule has 0 saturated carbocycles. The molecule has 1 heterocycles. The quantitative estimate of drug-likeness (QED) is 0.867. The van der Waals surface area contributed by atoms with Crippen LogP contribution in [0, 0.1) is 0 Å². The second kappa shape index (κ2) is 5.14. The van der Waals surface area contributed by atoms with Crippen molar-refractivity contribution in [3.05, 3.63) is 65.7 Å². The topological polar surface area (TPSA) is 46.3 Å². The first kappa shape index (κ1) is 14.6. The van der Waals surface area contributed by atoms with Crippen LogP contribution in [0.3, 0.4) is 0 Å². The number of amides is 1. The van der Waals surface area contributed by atoms with E-state index in [0.29, 0.717) is 5.69 Å². The number of nitrogens with zero attached hydrogens (tertiary/aromatic N) is 1. The van der Waals surface area contributed by atoms with E-state index < -0.39 is 17.8 Å². The Morgan fingerprint density at radius 3 is 2.09 bits per heavy atom. The molecule has 2 unspecified atom stereocenters. The van der Waals surface area contributed by atoms with Crippen LogP contribution in [0.5, 0.6) is 0 Å². The maximum absolute atomic E-state index is 12.6. The number of nitrogens with two attached hydrogens (primary N) is 1. The van der Waals surface area contributed by atoms with Gasteiger partial charge in [-0.3, -0.25) is 4.79 Å². The third-order valence-electron chi connectivity index (χ3n) is 3.75. The number of hydrogen-bond acceptors (Lipinski definition) is 2.